The highest BCUT2D eigenvalue weighted by Crippen LogP contribution is 2.22. The molecule has 0 atom stereocenters. The van der Waals surface area contributed by atoms with Crippen LogP contribution < -0.4 is 10.5 Å². The molecule has 0 radical (unpaired) electrons. The van der Waals surface area contributed by atoms with Gasteiger partial charge in [0.1, 0.15) is 5.75 Å². The van der Waals surface area contributed by atoms with Gasteiger partial charge in [0, 0.05) is 0 Å². The number of benzene rings is 1. The van der Waals surface area contributed by atoms with Gasteiger partial charge in [-0.1, -0.05) is 0 Å². The molecule has 2 nitrogen and oxygen atoms in total. The van der Waals surface area contributed by atoms with Gasteiger partial charge in [-0.2, -0.15) is 0 Å². The molecule has 0 aliphatic rings. The maximum Gasteiger partial charge on any atom is 0.119 e. The molecule has 0 saturated carbocycles. The first-order valence-corrected chi connectivity index (χ1v) is 5.12. The van der Waals surface area contributed by atoms with Crippen LogP contribution >= 0.6 is 0 Å². The Morgan fingerprint density at radius 3 is 2.21 bits per heavy atom. The van der Waals surface area contributed by atoms with Gasteiger partial charge < -0.3 is 10.5 Å². The Balaban J connectivity index is 2.98. The van der Waals surface area contributed by atoms with E-state index in [2.05, 4.69) is 26.0 Å². The molecule has 2 heteroatoms. The van der Waals surface area contributed by atoms with Gasteiger partial charge in [-0.3, -0.25) is 0 Å². The second-order valence-electron chi connectivity index (χ2n) is 3.51. The molecule has 1 aromatic carbocycles. The minimum absolute atomic E-state index is 0.704. The van der Waals surface area contributed by atoms with Crippen molar-refractivity contribution >= 4 is 0 Å². The summed E-state index contributed by atoms with van der Waals surface area (Å²) < 4.78 is 5.47. The topological polar surface area (TPSA) is 35.2 Å². The number of hydrogen-bond acceptors (Lipinski definition) is 2. The summed E-state index contributed by atoms with van der Waals surface area (Å²) in [5.74, 6) is 0.961. The Labute approximate surface area is 86.1 Å². The zero-order chi connectivity index (χ0) is 10.6. The fraction of sp³-hybridized carbons (Fsp3) is 0.500. The van der Waals surface area contributed by atoms with Crippen molar-refractivity contribution in [3.8, 4) is 5.75 Å². The normalized spacial score (nSPS) is 10.3. The van der Waals surface area contributed by atoms with Crippen molar-refractivity contribution in [2.75, 3.05) is 13.2 Å². The lowest BCUT2D eigenvalue weighted by Gasteiger charge is -2.12. The number of aryl methyl sites for hydroxylation is 2. The second kappa shape index (κ2) is 5.01. The molecular formula is C12H19NO. The largest absolute Gasteiger partial charge is 0.494 e. The van der Waals surface area contributed by atoms with Crippen molar-refractivity contribution in [2.45, 2.75) is 27.2 Å². The van der Waals surface area contributed by atoms with Crippen LogP contribution in [0.25, 0.3) is 0 Å². The van der Waals surface area contributed by atoms with Gasteiger partial charge in [-0.05, 0) is 62.6 Å². The maximum atomic E-state index is 5.56. The van der Waals surface area contributed by atoms with Gasteiger partial charge in [0.25, 0.3) is 0 Å². The standard InChI is InChI=1S/C12H19NO/c1-4-14-11-7-9(2)12(5-6-13)10(3)8-11/h7-8H,4-6,13H2,1-3H3. The quantitative estimate of drug-likeness (QED) is 0.795. The predicted molar refractivity (Wildman–Crippen MR) is 59.8 cm³/mol. The van der Waals surface area contributed by atoms with Crippen LogP contribution in [0.5, 0.6) is 5.75 Å². The second-order valence-corrected chi connectivity index (χ2v) is 3.51. The van der Waals surface area contributed by atoms with Crippen LogP contribution in [-0.2, 0) is 6.42 Å². The highest BCUT2D eigenvalue weighted by Gasteiger charge is 2.04. The van der Waals surface area contributed by atoms with Crippen LogP contribution in [0.15, 0.2) is 12.1 Å². The Kier molecular flexibility index (Phi) is 3.96. The van der Waals surface area contributed by atoms with Crippen LogP contribution in [0.3, 0.4) is 0 Å². The van der Waals surface area contributed by atoms with Crippen LogP contribution in [0.2, 0.25) is 0 Å². The Bertz CT molecular complexity index is 284. The molecule has 78 valence electrons. The molecule has 0 aliphatic carbocycles. The van der Waals surface area contributed by atoms with Crippen LogP contribution in [-0.4, -0.2) is 13.2 Å². The molecule has 2 N–H and O–H groups in total. The van der Waals surface area contributed by atoms with E-state index in [9.17, 15) is 0 Å². The smallest absolute Gasteiger partial charge is 0.119 e. The molecule has 0 heterocycles. The van der Waals surface area contributed by atoms with E-state index in [0.29, 0.717) is 6.54 Å². The van der Waals surface area contributed by atoms with E-state index >= 15 is 0 Å². The van der Waals surface area contributed by atoms with Gasteiger partial charge >= 0.3 is 0 Å². The van der Waals surface area contributed by atoms with Gasteiger partial charge in [-0.15, -0.1) is 0 Å². The van der Waals surface area contributed by atoms with Gasteiger partial charge in [0.15, 0.2) is 0 Å². The van der Waals surface area contributed by atoms with E-state index in [4.69, 9.17) is 10.5 Å². The molecule has 0 spiro atoms. The van der Waals surface area contributed by atoms with E-state index < -0.39 is 0 Å². The van der Waals surface area contributed by atoms with E-state index in [1.807, 2.05) is 6.92 Å². The zero-order valence-corrected chi connectivity index (χ0v) is 9.26. The Morgan fingerprint density at radius 1 is 1.21 bits per heavy atom. The first kappa shape index (κ1) is 11.1. The SMILES string of the molecule is CCOc1cc(C)c(CCN)c(C)c1. The van der Waals surface area contributed by atoms with E-state index in [-0.39, 0.29) is 0 Å². The van der Waals surface area contributed by atoms with E-state index in [1.54, 1.807) is 0 Å². The molecule has 0 saturated heterocycles. The molecule has 0 amide bonds. The first-order valence-electron chi connectivity index (χ1n) is 5.12. The van der Waals surface area contributed by atoms with Crippen LogP contribution in [0.1, 0.15) is 23.6 Å². The Morgan fingerprint density at radius 2 is 1.79 bits per heavy atom. The van der Waals surface area contributed by atoms with Gasteiger partial charge in [0.2, 0.25) is 0 Å². The molecule has 0 unspecified atom stereocenters. The summed E-state index contributed by atoms with van der Waals surface area (Å²) in [6.45, 7) is 7.64. The van der Waals surface area contributed by atoms with Gasteiger partial charge in [-0.25, -0.2) is 0 Å². The van der Waals surface area contributed by atoms with E-state index in [0.717, 1.165) is 18.8 Å². The minimum Gasteiger partial charge on any atom is -0.494 e. The molecule has 14 heavy (non-hydrogen) atoms. The van der Waals surface area contributed by atoms with Crippen molar-refractivity contribution in [3.63, 3.8) is 0 Å². The lowest BCUT2D eigenvalue weighted by Crippen LogP contribution is -2.06. The number of nitrogens with two attached hydrogens (primary N) is 1. The molecule has 0 aliphatic heterocycles. The van der Waals surface area contributed by atoms with Gasteiger partial charge in [0.05, 0.1) is 6.61 Å². The first-order chi connectivity index (χ1) is 6.69. The summed E-state index contributed by atoms with van der Waals surface area (Å²) in [5.41, 5.74) is 9.47. The van der Waals surface area contributed by atoms with Crippen molar-refractivity contribution in [2.24, 2.45) is 5.73 Å². The molecule has 1 rings (SSSR count). The van der Waals surface area contributed by atoms with E-state index in [1.165, 1.54) is 16.7 Å². The number of rotatable bonds is 4. The molecular weight excluding hydrogens is 174 g/mol. The average molecular weight is 193 g/mol. The van der Waals surface area contributed by atoms with Crippen LogP contribution in [0, 0.1) is 13.8 Å². The fourth-order valence-electron chi connectivity index (χ4n) is 1.74. The summed E-state index contributed by atoms with van der Waals surface area (Å²) in [7, 11) is 0. The lowest BCUT2D eigenvalue weighted by molar-refractivity contribution is 0.339. The highest BCUT2D eigenvalue weighted by molar-refractivity contribution is 5.41. The average Bonchev–Trinajstić information content (AvgIpc) is 2.12. The monoisotopic (exact) mass is 193 g/mol. The third kappa shape index (κ3) is 2.48. The van der Waals surface area contributed by atoms with Crippen molar-refractivity contribution in [3.05, 3.63) is 28.8 Å². The molecule has 0 fully saturated rings. The third-order valence-corrected chi connectivity index (χ3v) is 2.37. The Hall–Kier alpha value is -1.02. The van der Waals surface area contributed by atoms with Crippen molar-refractivity contribution in [1.82, 2.24) is 0 Å². The number of ether oxygens (including phenoxy) is 1. The fourth-order valence-corrected chi connectivity index (χ4v) is 1.74. The minimum atomic E-state index is 0.704. The number of hydrogen-bond donors (Lipinski definition) is 1. The summed E-state index contributed by atoms with van der Waals surface area (Å²) in [4.78, 5) is 0. The van der Waals surface area contributed by atoms with Crippen molar-refractivity contribution in [1.29, 1.82) is 0 Å². The van der Waals surface area contributed by atoms with Crippen LogP contribution in [0.4, 0.5) is 0 Å². The zero-order valence-electron chi connectivity index (χ0n) is 9.26. The third-order valence-electron chi connectivity index (χ3n) is 2.37. The maximum absolute atomic E-state index is 5.56. The lowest BCUT2D eigenvalue weighted by atomic mass is 10.00. The summed E-state index contributed by atoms with van der Waals surface area (Å²) in [5, 5.41) is 0. The summed E-state index contributed by atoms with van der Waals surface area (Å²) in [6.07, 6.45) is 0.948. The molecule has 1 aromatic rings. The summed E-state index contributed by atoms with van der Waals surface area (Å²) >= 11 is 0. The summed E-state index contributed by atoms with van der Waals surface area (Å²) in [6, 6.07) is 4.17. The van der Waals surface area contributed by atoms with Crippen molar-refractivity contribution < 1.29 is 4.74 Å². The highest BCUT2D eigenvalue weighted by atomic mass is 16.5. The molecule has 0 aromatic heterocycles. The predicted octanol–water partition coefficient (Wildman–Crippen LogP) is 2.20. The molecule has 0 bridgehead atoms.